The van der Waals surface area contributed by atoms with Gasteiger partial charge in [0.05, 0.1) is 16.9 Å². The van der Waals surface area contributed by atoms with Crippen molar-refractivity contribution in [3.63, 3.8) is 0 Å². The lowest BCUT2D eigenvalue weighted by Crippen LogP contribution is -2.57. The summed E-state index contributed by atoms with van der Waals surface area (Å²) in [4.78, 5) is 5.14. The van der Waals surface area contributed by atoms with E-state index in [1.807, 2.05) is 11.8 Å². The Kier molecular flexibility index (Phi) is 3.40. The summed E-state index contributed by atoms with van der Waals surface area (Å²) in [6.45, 7) is 2.29. The lowest BCUT2D eigenvalue weighted by molar-refractivity contribution is 0.673. The minimum absolute atomic E-state index is 0.0635. The number of nitrogens with zero attached hydrogens (tertiary/aromatic N) is 2. The van der Waals surface area contributed by atoms with Crippen LogP contribution in [-0.2, 0) is 0 Å². The van der Waals surface area contributed by atoms with E-state index in [1.54, 1.807) is 0 Å². The second kappa shape index (κ2) is 6.55. The van der Waals surface area contributed by atoms with Crippen LogP contribution in [-0.4, -0.2) is 11.3 Å². The van der Waals surface area contributed by atoms with Crippen molar-refractivity contribution in [2.75, 3.05) is 4.90 Å². The molecule has 0 saturated carbocycles. The molecule has 10 rings (SSSR count). The zero-order chi connectivity index (χ0) is 24.7. The third kappa shape index (κ3) is 2.15. The zero-order valence-electron chi connectivity index (χ0n) is 20.5. The van der Waals surface area contributed by atoms with Crippen LogP contribution in [0.4, 0.5) is 17.1 Å². The maximum absolute atomic E-state index is 6.57. The van der Waals surface area contributed by atoms with Gasteiger partial charge >= 0.3 is 6.85 Å². The van der Waals surface area contributed by atoms with Crippen LogP contribution in [0.5, 0.6) is 0 Å². The van der Waals surface area contributed by atoms with E-state index in [-0.39, 0.29) is 6.85 Å². The molecule has 7 aromatic rings. The van der Waals surface area contributed by atoms with Crippen LogP contribution in [0.15, 0.2) is 111 Å². The van der Waals surface area contributed by atoms with Crippen molar-refractivity contribution in [3.8, 4) is 11.1 Å². The first-order valence-electron chi connectivity index (χ1n) is 13.1. The average molecular weight is 502 g/mol. The lowest BCUT2D eigenvalue weighted by atomic mass is 9.45. The Bertz CT molecular complexity index is 2210. The Morgan fingerprint density at radius 2 is 1.53 bits per heavy atom. The highest BCUT2D eigenvalue weighted by atomic mass is 32.2. The maximum atomic E-state index is 6.57. The summed E-state index contributed by atoms with van der Waals surface area (Å²) in [6.07, 6.45) is 0. The number of hydrogen-bond donors (Lipinski definition) is 0. The number of rotatable bonds is 0. The van der Waals surface area contributed by atoms with E-state index >= 15 is 0 Å². The second-order valence-electron chi connectivity index (χ2n) is 10.6. The van der Waals surface area contributed by atoms with E-state index in [0.29, 0.717) is 0 Å². The van der Waals surface area contributed by atoms with Crippen LogP contribution in [0.25, 0.3) is 44.1 Å². The van der Waals surface area contributed by atoms with E-state index in [9.17, 15) is 0 Å². The summed E-state index contributed by atoms with van der Waals surface area (Å²) in [5.41, 5.74) is 14.9. The molecule has 0 saturated heterocycles. The first-order valence-corrected chi connectivity index (χ1v) is 13.9. The van der Waals surface area contributed by atoms with Gasteiger partial charge in [-0.1, -0.05) is 66.4 Å². The minimum Gasteiger partial charge on any atom is -0.454 e. The normalized spacial score (nSPS) is 14.2. The molecule has 0 aliphatic carbocycles. The molecule has 0 N–H and O–H groups in total. The number of benzene rings is 5. The number of furan rings is 1. The molecule has 0 fully saturated rings. The van der Waals surface area contributed by atoms with Crippen LogP contribution in [0.3, 0.4) is 0 Å². The van der Waals surface area contributed by atoms with Gasteiger partial charge in [-0.3, -0.25) is 0 Å². The van der Waals surface area contributed by atoms with Crippen LogP contribution in [0, 0.1) is 6.92 Å². The van der Waals surface area contributed by atoms with Crippen LogP contribution >= 0.6 is 11.8 Å². The standard InChI is InChI=1S/C33H19BN2OS/c1-18-16-22-19-9-6-10-21-30(19)36(31-20-8-2-4-13-26(20)37-33(21)31)34-23-11-7-15-28-32(23)35(25(17-18)29(22)34)24-12-3-5-14-27(24)38-28/h2-17H,1H3. The van der Waals surface area contributed by atoms with Gasteiger partial charge in [0.15, 0.2) is 5.58 Å². The predicted molar refractivity (Wildman–Crippen MR) is 159 cm³/mol. The third-order valence-electron chi connectivity index (χ3n) is 8.57. The molecule has 38 heavy (non-hydrogen) atoms. The summed E-state index contributed by atoms with van der Waals surface area (Å²) in [5, 5.41) is 2.36. The fourth-order valence-corrected chi connectivity index (χ4v) is 8.32. The summed E-state index contributed by atoms with van der Waals surface area (Å²) in [5.74, 6) is 0. The molecule has 3 nitrogen and oxygen atoms in total. The molecule has 0 unspecified atom stereocenters. The van der Waals surface area contributed by atoms with E-state index < -0.39 is 0 Å². The molecule has 5 heteroatoms. The first kappa shape index (κ1) is 19.7. The van der Waals surface area contributed by atoms with Crippen molar-refractivity contribution >= 4 is 79.6 Å². The number of para-hydroxylation sites is 4. The molecule has 176 valence electrons. The molecule has 0 radical (unpaired) electrons. The summed E-state index contributed by atoms with van der Waals surface area (Å²) >= 11 is 1.88. The molecule has 0 amide bonds. The fraction of sp³-hybridized carbons (Fsp3) is 0.0303. The van der Waals surface area contributed by atoms with Gasteiger partial charge in [-0.2, -0.15) is 0 Å². The van der Waals surface area contributed by atoms with E-state index in [1.165, 1.54) is 76.3 Å². The van der Waals surface area contributed by atoms with Gasteiger partial charge in [0.1, 0.15) is 5.58 Å². The quantitative estimate of drug-likeness (QED) is 0.198. The summed E-state index contributed by atoms with van der Waals surface area (Å²) in [7, 11) is 0. The second-order valence-corrected chi connectivity index (χ2v) is 11.7. The van der Waals surface area contributed by atoms with Crippen LogP contribution in [0.2, 0.25) is 0 Å². The van der Waals surface area contributed by atoms with E-state index in [4.69, 9.17) is 4.42 Å². The van der Waals surface area contributed by atoms with Crippen molar-refractivity contribution in [1.82, 2.24) is 4.48 Å². The van der Waals surface area contributed by atoms with Crippen molar-refractivity contribution in [2.45, 2.75) is 16.7 Å². The maximum Gasteiger partial charge on any atom is 0.333 e. The molecule has 0 atom stereocenters. The molecule has 0 bridgehead atoms. The molecule has 3 aliphatic heterocycles. The Labute approximate surface area is 223 Å². The molecular formula is C33H19BN2OS. The van der Waals surface area contributed by atoms with Gasteiger partial charge < -0.3 is 13.8 Å². The molecule has 3 aliphatic rings. The fourth-order valence-electron chi connectivity index (χ4n) is 7.22. The monoisotopic (exact) mass is 502 g/mol. The third-order valence-corrected chi connectivity index (χ3v) is 9.69. The minimum atomic E-state index is 0.0635. The highest BCUT2D eigenvalue weighted by Gasteiger charge is 2.45. The van der Waals surface area contributed by atoms with Crippen molar-refractivity contribution in [2.24, 2.45) is 0 Å². The van der Waals surface area contributed by atoms with Crippen molar-refractivity contribution in [1.29, 1.82) is 0 Å². The smallest absolute Gasteiger partial charge is 0.333 e. The predicted octanol–water partition coefficient (Wildman–Crippen LogP) is 7.73. The summed E-state index contributed by atoms with van der Waals surface area (Å²) in [6, 6.07) is 35.6. The molecular weight excluding hydrogens is 483 g/mol. The zero-order valence-corrected chi connectivity index (χ0v) is 21.3. The molecule has 0 spiro atoms. The number of aromatic nitrogens is 1. The van der Waals surface area contributed by atoms with Gasteiger partial charge in [0, 0.05) is 37.3 Å². The molecule has 2 aromatic heterocycles. The van der Waals surface area contributed by atoms with Gasteiger partial charge in [0.25, 0.3) is 0 Å². The molecule has 5 heterocycles. The Morgan fingerprint density at radius 1 is 0.711 bits per heavy atom. The highest BCUT2D eigenvalue weighted by molar-refractivity contribution is 7.99. The van der Waals surface area contributed by atoms with Crippen molar-refractivity contribution in [3.05, 3.63) is 103 Å². The summed E-state index contributed by atoms with van der Waals surface area (Å²) < 4.78 is 9.16. The molecule has 5 aromatic carbocycles. The Balaban J connectivity index is 1.45. The van der Waals surface area contributed by atoms with E-state index in [2.05, 4.69) is 113 Å². The van der Waals surface area contributed by atoms with E-state index in [0.717, 1.165) is 11.2 Å². The Hall–Kier alpha value is -4.35. The van der Waals surface area contributed by atoms with Gasteiger partial charge in [0.2, 0.25) is 0 Å². The Morgan fingerprint density at radius 3 is 2.50 bits per heavy atom. The number of anilines is 3. The largest absolute Gasteiger partial charge is 0.454 e. The van der Waals surface area contributed by atoms with Gasteiger partial charge in [-0.25, -0.2) is 0 Å². The van der Waals surface area contributed by atoms with Gasteiger partial charge in [-0.05, 0) is 71.4 Å². The SMILES string of the molecule is Cc1cc2c3c(c1)N1c4ccccc4Sc4cccc(c41)B3n1c3c-2cccc3c2oc3ccccc3c21. The first-order chi connectivity index (χ1) is 18.8. The highest BCUT2D eigenvalue weighted by Crippen LogP contribution is 2.54. The number of hydrogen-bond acceptors (Lipinski definition) is 3. The van der Waals surface area contributed by atoms with Crippen LogP contribution in [0.1, 0.15) is 5.56 Å². The lowest BCUT2D eigenvalue weighted by Gasteiger charge is -2.43. The topological polar surface area (TPSA) is 21.3 Å². The number of aryl methyl sites for hydroxylation is 1. The van der Waals surface area contributed by atoms with Gasteiger partial charge in [-0.15, -0.1) is 0 Å². The van der Waals surface area contributed by atoms with Crippen molar-refractivity contribution < 1.29 is 4.42 Å². The van der Waals surface area contributed by atoms with Crippen LogP contribution < -0.4 is 15.8 Å². The average Bonchev–Trinajstić information content (AvgIpc) is 3.48. The number of fused-ring (bicyclic) bond motifs is 11.